The zero-order valence-corrected chi connectivity index (χ0v) is 24.3. The second-order valence-electron chi connectivity index (χ2n) is 9.53. The Balaban J connectivity index is 0.00000588. The Morgan fingerprint density at radius 1 is 1.27 bits per heavy atom. The third-order valence-corrected chi connectivity index (χ3v) is 6.54. The van der Waals surface area contributed by atoms with Crippen molar-refractivity contribution in [2.24, 2.45) is 4.99 Å². The first-order chi connectivity index (χ1) is 18.9. The van der Waals surface area contributed by atoms with E-state index in [2.05, 4.69) is 38.1 Å². The van der Waals surface area contributed by atoms with Crippen molar-refractivity contribution >= 4 is 34.1 Å². The first kappa shape index (κ1) is 34.3. The van der Waals surface area contributed by atoms with E-state index in [1.807, 2.05) is 11.9 Å². The molecule has 0 atom stereocenters. The molecule has 0 unspecified atom stereocenters. The van der Waals surface area contributed by atoms with Gasteiger partial charge in [-0.3, -0.25) is 31.5 Å². The number of nitrogens with one attached hydrogen (secondary N) is 1. The van der Waals surface area contributed by atoms with Crippen LogP contribution in [-0.2, 0) is 4.79 Å². The monoisotopic (exact) mass is 577 g/mol. The van der Waals surface area contributed by atoms with E-state index in [1.165, 1.54) is 24.5 Å². The van der Waals surface area contributed by atoms with Crippen molar-refractivity contribution in [2.75, 3.05) is 45.1 Å². The predicted molar refractivity (Wildman–Crippen MR) is 153 cm³/mol. The standard InChI is InChI=1S/C29H30ClF3N6O.Li/c1-20(7-10-27(30)34)35-11-5-4-6-22-16-25(18-36-21(22)2)37-28(40)23-8-9-24(26(17-23)29(31,32)33)19-39-14-12-38(3)13-15-39;/h7,10-11,16-18H,8-9,12-15,19H2,1-3H3,(H,37,40);/q-2;+1/b10-7-,35-20?;. The Morgan fingerprint density at radius 3 is 2.63 bits per heavy atom. The van der Waals surface area contributed by atoms with Crippen molar-refractivity contribution in [3.05, 3.63) is 76.2 Å². The normalized spacial score (nSPS) is 17.2. The zero-order chi connectivity index (χ0) is 29.3. The van der Waals surface area contributed by atoms with Crippen LogP contribution in [0.1, 0.15) is 31.0 Å². The number of hydrogen-bond donors (Lipinski definition) is 1. The molecule has 1 aromatic heterocycles. The summed E-state index contributed by atoms with van der Waals surface area (Å²) in [5.41, 5.74) is 1.67. The quantitative estimate of drug-likeness (QED) is 0.233. The minimum atomic E-state index is -4.55. The van der Waals surface area contributed by atoms with Gasteiger partial charge < -0.3 is 15.6 Å². The van der Waals surface area contributed by atoms with Crippen LogP contribution in [0.4, 0.5) is 18.9 Å². The van der Waals surface area contributed by atoms with E-state index < -0.39 is 17.7 Å². The van der Waals surface area contributed by atoms with Crippen molar-refractivity contribution in [2.45, 2.75) is 32.9 Å². The molecule has 3 rings (SSSR count). The van der Waals surface area contributed by atoms with Gasteiger partial charge in [0, 0.05) is 49.7 Å². The van der Waals surface area contributed by atoms with Gasteiger partial charge in [-0.25, -0.2) is 0 Å². The number of alkyl halides is 3. The van der Waals surface area contributed by atoms with Crippen molar-refractivity contribution < 1.29 is 36.8 Å². The molecule has 1 aliphatic carbocycles. The van der Waals surface area contributed by atoms with Gasteiger partial charge >= 0.3 is 25.0 Å². The minimum Gasteiger partial charge on any atom is -0.794 e. The fourth-order valence-electron chi connectivity index (χ4n) is 4.11. The van der Waals surface area contributed by atoms with Gasteiger partial charge in [0.25, 0.3) is 5.91 Å². The number of anilines is 1. The summed E-state index contributed by atoms with van der Waals surface area (Å²) in [5.74, 6) is 4.97. The largest absolute Gasteiger partial charge is 1.00 e. The summed E-state index contributed by atoms with van der Waals surface area (Å²) in [7, 11) is 1.99. The number of aryl methyl sites for hydroxylation is 1. The molecule has 212 valence electrons. The molecule has 2 heterocycles. The predicted octanol–water partition coefficient (Wildman–Crippen LogP) is 2.05. The average Bonchev–Trinajstić information content (AvgIpc) is 2.89. The molecule has 7 nitrogen and oxygen atoms in total. The number of hydrogen-bond acceptors (Lipinski definition) is 5. The summed E-state index contributed by atoms with van der Waals surface area (Å²) in [5, 5.41) is 11.2. The number of carbonyl (C=O) groups excluding carboxylic acids is 1. The van der Waals surface area contributed by atoms with E-state index in [0.29, 0.717) is 41.3 Å². The summed E-state index contributed by atoms with van der Waals surface area (Å²) >= 11 is 5.34. The van der Waals surface area contributed by atoms with Gasteiger partial charge in [0.1, 0.15) is 0 Å². The summed E-state index contributed by atoms with van der Waals surface area (Å²) in [6.45, 7) is 6.75. The number of carbonyl (C=O) groups is 1. The maximum atomic E-state index is 13.9. The minimum absolute atomic E-state index is 0. The van der Waals surface area contributed by atoms with Crippen LogP contribution in [-0.4, -0.2) is 77.5 Å². The van der Waals surface area contributed by atoms with Crippen molar-refractivity contribution in [1.82, 2.24) is 14.8 Å². The number of nitrogens with zero attached hydrogens (tertiary/aromatic N) is 5. The van der Waals surface area contributed by atoms with Gasteiger partial charge in [0.05, 0.1) is 17.5 Å². The Labute approximate surface area is 256 Å². The first-order valence-electron chi connectivity index (χ1n) is 12.6. The van der Waals surface area contributed by atoms with Gasteiger partial charge in [-0.2, -0.15) is 19.2 Å². The van der Waals surface area contributed by atoms with E-state index in [-0.39, 0.29) is 49.0 Å². The number of halogens is 4. The number of rotatable bonds is 7. The van der Waals surface area contributed by atoms with Crippen molar-refractivity contribution in [3.63, 3.8) is 0 Å². The van der Waals surface area contributed by atoms with E-state index >= 15 is 0 Å². The second kappa shape index (κ2) is 15.9. The Morgan fingerprint density at radius 2 is 1.98 bits per heavy atom. The van der Waals surface area contributed by atoms with Gasteiger partial charge in [-0.05, 0) is 57.5 Å². The fraction of sp³-hybridized carbons (Fsp3) is 0.379. The Kier molecular flexibility index (Phi) is 13.3. The third kappa shape index (κ3) is 11.1. The summed E-state index contributed by atoms with van der Waals surface area (Å²) in [4.78, 5) is 25.4. The van der Waals surface area contributed by atoms with E-state index in [9.17, 15) is 18.0 Å². The van der Waals surface area contributed by atoms with E-state index in [0.717, 1.165) is 19.2 Å². The summed E-state index contributed by atoms with van der Waals surface area (Å²) in [6, 6.07) is 1.61. The topological polar surface area (TPSA) is 83.1 Å². The SMILES string of the molecule is CC(/C=C\C(=[N-])Cl)=NC=[C-]C#Cc1cc(NC(=O)C2=CC(C(F)(F)F)=C(CN3CCN(C)CC3)CC2)cnc1C.[Li+]. The smallest absolute Gasteiger partial charge is 0.794 e. The molecule has 1 saturated heterocycles. The van der Waals surface area contributed by atoms with Gasteiger partial charge in [0.2, 0.25) is 0 Å². The third-order valence-electron chi connectivity index (χ3n) is 6.41. The average molecular weight is 578 g/mol. The van der Waals surface area contributed by atoms with E-state index in [1.54, 1.807) is 19.9 Å². The van der Waals surface area contributed by atoms with Crippen LogP contribution in [0.3, 0.4) is 0 Å². The molecule has 0 bridgehead atoms. The molecule has 1 amide bonds. The van der Waals surface area contributed by atoms with Crippen LogP contribution in [0.15, 0.2) is 58.4 Å². The second-order valence-corrected chi connectivity index (χ2v) is 9.91. The van der Waals surface area contributed by atoms with Gasteiger partial charge in [-0.15, -0.1) is 11.6 Å². The number of aromatic nitrogens is 1. The number of allylic oxidation sites excluding steroid dienone is 5. The van der Waals surface area contributed by atoms with E-state index in [4.69, 9.17) is 17.0 Å². The maximum absolute atomic E-state index is 13.9. The van der Waals surface area contributed by atoms with Gasteiger partial charge in [0.15, 0.2) is 0 Å². The fourth-order valence-corrected chi connectivity index (χ4v) is 4.17. The molecule has 12 heteroatoms. The molecule has 1 fully saturated rings. The summed E-state index contributed by atoms with van der Waals surface area (Å²) < 4.78 is 41.8. The molecular weight excluding hydrogens is 548 g/mol. The van der Waals surface area contributed by atoms with Crippen LogP contribution in [0.25, 0.3) is 5.41 Å². The Hall–Kier alpha value is -2.92. The van der Waals surface area contributed by atoms with Crippen molar-refractivity contribution in [3.8, 4) is 11.8 Å². The molecule has 1 aromatic rings. The molecule has 2 aliphatic rings. The number of likely N-dealkylation sites (N-methyl/N-ethyl adjacent to an activating group) is 1. The molecule has 0 saturated carbocycles. The Bertz CT molecular complexity index is 1350. The first-order valence-corrected chi connectivity index (χ1v) is 13.0. The van der Waals surface area contributed by atoms with Crippen LogP contribution in [0.5, 0.6) is 0 Å². The number of aliphatic imine (C=N–C) groups is 1. The number of piperazine rings is 1. The molecule has 0 spiro atoms. The zero-order valence-electron chi connectivity index (χ0n) is 23.6. The van der Waals surface area contributed by atoms with Gasteiger partial charge in [-0.1, -0.05) is 23.0 Å². The number of amides is 1. The molecule has 0 radical (unpaired) electrons. The summed E-state index contributed by atoms with van der Waals surface area (Å²) in [6.07, 6.45) is 5.11. The van der Waals surface area contributed by atoms with Crippen molar-refractivity contribution in [1.29, 1.82) is 0 Å². The van der Waals surface area contributed by atoms with Crippen LogP contribution >= 0.6 is 11.6 Å². The number of pyridine rings is 1. The molecule has 1 aliphatic heterocycles. The van der Waals surface area contributed by atoms with Crippen LogP contribution in [0.2, 0.25) is 0 Å². The maximum Gasteiger partial charge on any atom is 1.00 e. The van der Waals surface area contributed by atoms with Crippen LogP contribution < -0.4 is 24.2 Å². The molecule has 41 heavy (non-hydrogen) atoms. The molecule has 1 N–H and O–H groups in total. The molecular formula is C29H30ClF3LiN6O-. The van der Waals surface area contributed by atoms with Crippen LogP contribution in [0, 0.1) is 24.8 Å². The molecule has 0 aromatic carbocycles.